The molecular weight excluding hydrogens is 192 g/mol. The number of ether oxygens (including phenoxy) is 1. The van der Waals surface area contributed by atoms with Crippen LogP contribution in [-0.4, -0.2) is 11.9 Å². The zero-order valence-corrected chi connectivity index (χ0v) is 9.46. The lowest BCUT2D eigenvalue weighted by molar-refractivity contribution is -0.160. The van der Waals surface area contributed by atoms with Crippen LogP contribution in [0.2, 0.25) is 0 Å². The summed E-state index contributed by atoms with van der Waals surface area (Å²) < 4.78 is 4.74. The van der Waals surface area contributed by atoms with Crippen LogP contribution in [0, 0.1) is 5.92 Å². The molecule has 0 aromatic rings. The number of hydrogen-bond donors (Lipinski definition) is 0. The minimum Gasteiger partial charge on any atom is -0.393 e. The number of esters is 2. The number of unbranched alkanes of at least 4 members (excludes halogenated alkanes) is 1. The predicted octanol–water partition coefficient (Wildman–Crippen LogP) is 2.83. The Morgan fingerprint density at radius 1 is 1.20 bits per heavy atom. The van der Waals surface area contributed by atoms with Crippen molar-refractivity contribution in [3.63, 3.8) is 0 Å². The lowest BCUT2D eigenvalue weighted by Gasteiger charge is -2.07. The van der Waals surface area contributed by atoms with Crippen LogP contribution in [0.4, 0.5) is 0 Å². The lowest BCUT2D eigenvalue weighted by Crippen LogP contribution is -2.14. The van der Waals surface area contributed by atoms with E-state index in [-0.39, 0.29) is 11.9 Å². The molecule has 0 N–H and O–H groups in total. The minimum absolute atomic E-state index is 0.331. The topological polar surface area (TPSA) is 43.4 Å². The molecule has 0 amide bonds. The van der Waals surface area contributed by atoms with Gasteiger partial charge in [-0.2, -0.15) is 0 Å². The average molecular weight is 212 g/mol. The molecule has 3 heteroatoms. The summed E-state index contributed by atoms with van der Waals surface area (Å²) in [4.78, 5) is 22.5. The van der Waals surface area contributed by atoms with Crippen molar-refractivity contribution in [3.8, 4) is 0 Å². The summed E-state index contributed by atoms with van der Waals surface area (Å²) in [7, 11) is 0. The van der Waals surface area contributed by atoms with Gasteiger partial charge in [-0.1, -0.05) is 26.2 Å². The first-order valence-corrected chi connectivity index (χ1v) is 5.96. The smallest absolute Gasteiger partial charge is 0.313 e. The van der Waals surface area contributed by atoms with Gasteiger partial charge in [-0.25, -0.2) is 0 Å². The monoisotopic (exact) mass is 212 g/mol. The lowest BCUT2D eigenvalue weighted by atomic mass is 10.0. The Hall–Kier alpha value is -0.860. The van der Waals surface area contributed by atoms with Crippen molar-refractivity contribution in [1.29, 1.82) is 0 Å². The van der Waals surface area contributed by atoms with E-state index in [0.717, 1.165) is 25.7 Å². The van der Waals surface area contributed by atoms with E-state index in [0.29, 0.717) is 18.8 Å². The van der Waals surface area contributed by atoms with E-state index >= 15 is 0 Å². The van der Waals surface area contributed by atoms with Crippen LogP contribution in [0.25, 0.3) is 0 Å². The fourth-order valence-electron chi connectivity index (χ4n) is 1.99. The summed E-state index contributed by atoms with van der Waals surface area (Å²) in [6, 6.07) is 0. The molecule has 86 valence electrons. The number of carbonyl (C=O) groups is 2. The Balaban J connectivity index is 2.14. The normalized spacial score (nSPS) is 16.6. The Kier molecular flexibility index (Phi) is 5.37. The van der Waals surface area contributed by atoms with Gasteiger partial charge in [0.1, 0.15) is 0 Å². The first kappa shape index (κ1) is 12.2. The number of hydrogen-bond acceptors (Lipinski definition) is 3. The summed E-state index contributed by atoms with van der Waals surface area (Å²) >= 11 is 0. The molecule has 0 radical (unpaired) electrons. The maximum Gasteiger partial charge on any atom is 0.313 e. The zero-order chi connectivity index (χ0) is 11.1. The van der Waals surface area contributed by atoms with Gasteiger partial charge in [0.2, 0.25) is 0 Å². The highest BCUT2D eigenvalue weighted by atomic mass is 16.6. The van der Waals surface area contributed by atoms with Gasteiger partial charge in [0, 0.05) is 12.8 Å². The van der Waals surface area contributed by atoms with E-state index in [2.05, 4.69) is 0 Å². The van der Waals surface area contributed by atoms with Crippen molar-refractivity contribution in [2.75, 3.05) is 0 Å². The molecule has 0 heterocycles. The molecule has 0 saturated heterocycles. The van der Waals surface area contributed by atoms with Crippen LogP contribution in [0.5, 0.6) is 0 Å². The molecule has 3 nitrogen and oxygen atoms in total. The Labute approximate surface area is 91.2 Å². The third-order valence-electron chi connectivity index (χ3n) is 2.89. The summed E-state index contributed by atoms with van der Waals surface area (Å²) in [6.07, 6.45) is 7.19. The van der Waals surface area contributed by atoms with E-state index < -0.39 is 0 Å². The van der Waals surface area contributed by atoms with Crippen molar-refractivity contribution in [1.82, 2.24) is 0 Å². The standard InChI is InChI=1S/C12H20O3/c1-2-3-8-11(13)15-12(14)9-10-6-4-5-7-10/h10H,2-9H2,1H3. The highest BCUT2D eigenvalue weighted by molar-refractivity contribution is 5.85. The fraction of sp³-hybridized carbons (Fsp3) is 0.833. The van der Waals surface area contributed by atoms with Gasteiger partial charge in [-0.05, 0) is 25.2 Å². The largest absolute Gasteiger partial charge is 0.393 e. The van der Waals surface area contributed by atoms with Gasteiger partial charge < -0.3 is 4.74 Å². The van der Waals surface area contributed by atoms with E-state index in [1.165, 1.54) is 12.8 Å². The van der Waals surface area contributed by atoms with E-state index in [1.54, 1.807) is 0 Å². The van der Waals surface area contributed by atoms with Gasteiger partial charge in [-0.15, -0.1) is 0 Å². The first-order chi connectivity index (χ1) is 7.22. The van der Waals surface area contributed by atoms with Crippen LogP contribution < -0.4 is 0 Å². The van der Waals surface area contributed by atoms with E-state index in [4.69, 9.17) is 4.74 Å². The fourth-order valence-corrected chi connectivity index (χ4v) is 1.99. The molecule has 0 spiro atoms. The molecule has 0 aromatic carbocycles. The first-order valence-electron chi connectivity index (χ1n) is 5.96. The van der Waals surface area contributed by atoms with E-state index in [9.17, 15) is 9.59 Å². The molecular formula is C12H20O3. The van der Waals surface area contributed by atoms with Gasteiger partial charge in [0.25, 0.3) is 0 Å². The second-order valence-corrected chi connectivity index (χ2v) is 4.30. The SMILES string of the molecule is CCCCC(=O)OC(=O)CC1CCCC1. The zero-order valence-electron chi connectivity index (χ0n) is 9.46. The van der Waals surface area contributed by atoms with Crippen LogP contribution in [0.15, 0.2) is 0 Å². The Morgan fingerprint density at radius 3 is 2.47 bits per heavy atom. The van der Waals surface area contributed by atoms with E-state index in [1.807, 2.05) is 6.92 Å². The number of rotatable bonds is 5. The van der Waals surface area contributed by atoms with Crippen molar-refractivity contribution in [2.45, 2.75) is 58.3 Å². The maximum atomic E-state index is 11.3. The van der Waals surface area contributed by atoms with Crippen molar-refractivity contribution in [2.24, 2.45) is 5.92 Å². The third kappa shape index (κ3) is 4.96. The van der Waals surface area contributed by atoms with Crippen molar-refractivity contribution < 1.29 is 14.3 Å². The average Bonchev–Trinajstić information content (AvgIpc) is 2.67. The summed E-state index contributed by atoms with van der Waals surface area (Å²) in [5.41, 5.74) is 0. The Morgan fingerprint density at radius 2 is 1.87 bits per heavy atom. The predicted molar refractivity (Wildman–Crippen MR) is 57.2 cm³/mol. The maximum absolute atomic E-state index is 11.3. The Bertz CT molecular complexity index is 217. The van der Waals surface area contributed by atoms with Crippen molar-refractivity contribution >= 4 is 11.9 Å². The summed E-state index contributed by atoms with van der Waals surface area (Å²) in [5, 5.41) is 0. The second-order valence-electron chi connectivity index (χ2n) is 4.30. The molecule has 1 rings (SSSR count). The summed E-state index contributed by atoms with van der Waals surface area (Å²) in [6.45, 7) is 2.01. The molecule has 1 aliphatic carbocycles. The third-order valence-corrected chi connectivity index (χ3v) is 2.89. The van der Waals surface area contributed by atoms with Crippen LogP contribution in [0.1, 0.15) is 58.3 Å². The van der Waals surface area contributed by atoms with Gasteiger partial charge in [0.15, 0.2) is 0 Å². The van der Waals surface area contributed by atoms with Crippen LogP contribution >= 0.6 is 0 Å². The summed E-state index contributed by atoms with van der Waals surface area (Å²) in [5.74, 6) is -0.237. The highest BCUT2D eigenvalue weighted by Gasteiger charge is 2.20. The molecule has 0 aromatic heterocycles. The number of carbonyl (C=O) groups excluding carboxylic acids is 2. The quantitative estimate of drug-likeness (QED) is 0.520. The molecule has 0 atom stereocenters. The molecule has 0 bridgehead atoms. The molecule has 15 heavy (non-hydrogen) atoms. The van der Waals surface area contributed by atoms with Gasteiger partial charge >= 0.3 is 11.9 Å². The van der Waals surface area contributed by atoms with Gasteiger partial charge in [0.05, 0.1) is 0 Å². The molecule has 0 aliphatic heterocycles. The molecule has 1 saturated carbocycles. The van der Waals surface area contributed by atoms with Crippen molar-refractivity contribution in [3.05, 3.63) is 0 Å². The molecule has 1 aliphatic rings. The van der Waals surface area contributed by atoms with Crippen LogP contribution in [-0.2, 0) is 14.3 Å². The molecule has 1 fully saturated rings. The molecule has 0 unspecified atom stereocenters. The van der Waals surface area contributed by atoms with Crippen LogP contribution in [0.3, 0.4) is 0 Å². The second kappa shape index (κ2) is 6.59. The highest BCUT2D eigenvalue weighted by Crippen LogP contribution is 2.27. The van der Waals surface area contributed by atoms with Gasteiger partial charge in [-0.3, -0.25) is 9.59 Å². The minimum atomic E-state index is -0.361.